The molecule has 2 N–H and O–H groups in total. The summed E-state index contributed by atoms with van der Waals surface area (Å²) < 4.78 is 11.0. The lowest BCUT2D eigenvalue weighted by molar-refractivity contribution is -0.0137. The summed E-state index contributed by atoms with van der Waals surface area (Å²) in [6.45, 7) is 4.45. The fourth-order valence-electron chi connectivity index (χ4n) is 2.58. The third-order valence-corrected chi connectivity index (χ3v) is 3.70. The number of aliphatic hydroxyl groups excluding tert-OH is 1. The van der Waals surface area contributed by atoms with E-state index >= 15 is 0 Å². The van der Waals surface area contributed by atoms with Gasteiger partial charge in [0, 0.05) is 18.8 Å². The standard InChI is InChI=1S/C17H27NO3/c1-2-6-14-7-3-4-9-17(14)18-11-15(19)12-20-13-16-8-5-10-21-16/h3-4,7,9,15-16,18-19H,2,5-6,8,10-13H2,1H3. The monoisotopic (exact) mass is 293 g/mol. The van der Waals surface area contributed by atoms with Crippen LogP contribution in [0.5, 0.6) is 0 Å². The summed E-state index contributed by atoms with van der Waals surface area (Å²) in [7, 11) is 0. The van der Waals surface area contributed by atoms with Gasteiger partial charge in [-0.25, -0.2) is 0 Å². The minimum Gasteiger partial charge on any atom is -0.389 e. The molecule has 0 aromatic heterocycles. The number of aryl methyl sites for hydroxylation is 1. The maximum atomic E-state index is 9.98. The first kappa shape index (κ1) is 16.3. The van der Waals surface area contributed by atoms with E-state index in [0.29, 0.717) is 19.8 Å². The van der Waals surface area contributed by atoms with Crippen LogP contribution in [0.15, 0.2) is 24.3 Å². The van der Waals surface area contributed by atoms with Crippen molar-refractivity contribution in [2.75, 3.05) is 31.7 Å². The van der Waals surface area contributed by atoms with E-state index in [-0.39, 0.29) is 6.10 Å². The summed E-state index contributed by atoms with van der Waals surface area (Å²) in [6, 6.07) is 8.26. The second-order valence-electron chi connectivity index (χ2n) is 5.61. The Labute approximate surface area is 127 Å². The molecule has 2 rings (SSSR count). The van der Waals surface area contributed by atoms with E-state index in [1.165, 1.54) is 5.56 Å². The maximum Gasteiger partial charge on any atom is 0.0945 e. The number of anilines is 1. The zero-order valence-electron chi connectivity index (χ0n) is 12.9. The predicted molar refractivity (Wildman–Crippen MR) is 84.7 cm³/mol. The molecule has 2 atom stereocenters. The zero-order chi connectivity index (χ0) is 14.9. The van der Waals surface area contributed by atoms with Gasteiger partial charge >= 0.3 is 0 Å². The molecule has 0 saturated carbocycles. The predicted octanol–water partition coefficient (Wildman–Crippen LogP) is 2.61. The Kier molecular flexibility index (Phi) is 7.00. The normalized spacial score (nSPS) is 19.6. The van der Waals surface area contributed by atoms with Crippen molar-refractivity contribution in [1.82, 2.24) is 0 Å². The van der Waals surface area contributed by atoms with Gasteiger partial charge < -0.3 is 19.9 Å². The number of hydrogen-bond acceptors (Lipinski definition) is 4. The van der Waals surface area contributed by atoms with Crippen molar-refractivity contribution in [1.29, 1.82) is 0 Å². The van der Waals surface area contributed by atoms with Gasteiger partial charge in [-0.2, -0.15) is 0 Å². The van der Waals surface area contributed by atoms with E-state index in [9.17, 15) is 5.11 Å². The van der Waals surface area contributed by atoms with Crippen molar-refractivity contribution < 1.29 is 14.6 Å². The lowest BCUT2D eigenvalue weighted by Gasteiger charge is -2.16. The van der Waals surface area contributed by atoms with Crippen LogP contribution in [0, 0.1) is 0 Å². The average Bonchev–Trinajstić information content (AvgIpc) is 3.00. The molecule has 1 aliphatic heterocycles. The molecule has 4 nitrogen and oxygen atoms in total. The number of aliphatic hydroxyl groups is 1. The minimum absolute atomic E-state index is 0.218. The van der Waals surface area contributed by atoms with Gasteiger partial charge in [0.2, 0.25) is 0 Å². The van der Waals surface area contributed by atoms with E-state index < -0.39 is 6.10 Å². The van der Waals surface area contributed by atoms with Crippen LogP contribution in [0.25, 0.3) is 0 Å². The fourth-order valence-corrected chi connectivity index (χ4v) is 2.58. The van der Waals surface area contributed by atoms with Crippen LogP contribution in [0.1, 0.15) is 31.7 Å². The molecular weight excluding hydrogens is 266 g/mol. The molecule has 21 heavy (non-hydrogen) atoms. The highest BCUT2D eigenvalue weighted by atomic mass is 16.5. The number of benzene rings is 1. The highest BCUT2D eigenvalue weighted by molar-refractivity contribution is 5.51. The molecule has 1 heterocycles. The fraction of sp³-hybridized carbons (Fsp3) is 0.647. The smallest absolute Gasteiger partial charge is 0.0945 e. The number of rotatable bonds is 9. The Hall–Kier alpha value is -1.10. The third-order valence-electron chi connectivity index (χ3n) is 3.70. The molecule has 0 bridgehead atoms. The van der Waals surface area contributed by atoms with Gasteiger partial charge in [0.1, 0.15) is 0 Å². The molecule has 0 spiro atoms. The summed E-state index contributed by atoms with van der Waals surface area (Å²) in [6.07, 6.45) is 4.07. The van der Waals surface area contributed by atoms with E-state index in [4.69, 9.17) is 9.47 Å². The van der Waals surface area contributed by atoms with Crippen molar-refractivity contribution in [3.63, 3.8) is 0 Å². The van der Waals surface area contributed by atoms with E-state index in [1.807, 2.05) is 6.07 Å². The van der Waals surface area contributed by atoms with Crippen LogP contribution < -0.4 is 5.32 Å². The van der Waals surface area contributed by atoms with Crippen molar-refractivity contribution >= 4 is 5.69 Å². The largest absolute Gasteiger partial charge is 0.389 e. The van der Waals surface area contributed by atoms with Gasteiger partial charge in [-0.3, -0.25) is 0 Å². The summed E-state index contributed by atoms with van der Waals surface area (Å²) in [4.78, 5) is 0. The number of hydrogen-bond donors (Lipinski definition) is 2. The summed E-state index contributed by atoms with van der Waals surface area (Å²) in [5.41, 5.74) is 2.41. The van der Waals surface area contributed by atoms with Crippen LogP contribution in [0.4, 0.5) is 5.69 Å². The van der Waals surface area contributed by atoms with E-state index in [2.05, 4.69) is 30.4 Å². The Bertz CT molecular complexity index is 405. The molecule has 4 heteroatoms. The maximum absolute atomic E-state index is 9.98. The topological polar surface area (TPSA) is 50.7 Å². The first-order valence-electron chi connectivity index (χ1n) is 7.98. The van der Waals surface area contributed by atoms with Gasteiger partial charge in [0.05, 0.1) is 25.4 Å². The number of para-hydroxylation sites is 1. The quantitative estimate of drug-likeness (QED) is 0.735. The second kappa shape index (κ2) is 9.03. The molecule has 1 fully saturated rings. The second-order valence-corrected chi connectivity index (χ2v) is 5.61. The minimum atomic E-state index is -0.499. The molecule has 1 saturated heterocycles. The lowest BCUT2D eigenvalue weighted by atomic mass is 10.1. The van der Waals surface area contributed by atoms with Crippen molar-refractivity contribution in [3.05, 3.63) is 29.8 Å². The SMILES string of the molecule is CCCc1ccccc1NCC(O)COCC1CCCO1. The Balaban J connectivity index is 1.67. The Morgan fingerprint density at radius 3 is 3.05 bits per heavy atom. The first-order chi connectivity index (χ1) is 10.3. The van der Waals surface area contributed by atoms with Crippen LogP contribution >= 0.6 is 0 Å². The average molecular weight is 293 g/mol. The summed E-state index contributed by atoms with van der Waals surface area (Å²) in [5.74, 6) is 0. The van der Waals surface area contributed by atoms with Crippen molar-refractivity contribution in [2.45, 2.75) is 44.8 Å². The first-order valence-corrected chi connectivity index (χ1v) is 7.98. The zero-order valence-corrected chi connectivity index (χ0v) is 12.9. The van der Waals surface area contributed by atoms with Crippen LogP contribution in [0.2, 0.25) is 0 Å². The molecule has 118 valence electrons. The molecule has 0 aliphatic carbocycles. The van der Waals surface area contributed by atoms with Crippen LogP contribution in [-0.2, 0) is 15.9 Å². The van der Waals surface area contributed by atoms with Gasteiger partial charge in [-0.05, 0) is 30.9 Å². The highest BCUT2D eigenvalue weighted by Gasteiger charge is 2.16. The molecule has 1 aromatic carbocycles. The molecule has 1 aromatic rings. The van der Waals surface area contributed by atoms with Crippen molar-refractivity contribution in [2.24, 2.45) is 0 Å². The lowest BCUT2D eigenvalue weighted by Crippen LogP contribution is -2.27. The van der Waals surface area contributed by atoms with Crippen LogP contribution in [0.3, 0.4) is 0 Å². The Morgan fingerprint density at radius 1 is 1.43 bits per heavy atom. The molecule has 0 radical (unpaired) electrons. The van der Waals surface area contributed by atoms with Gasteiger partial charge in [-0.1, -0.05) is 31.5 Å². The number of nitrogens with one attached hydrogen (secondary N) is 1. The van der Waals surface area contributed by atoms with Crippen molar-refractivity contribution in [3.8, 4) is 0 Å². The van der Waals surface area contributed by atoms with Gasteiger partial charge in [0.25, 0.3) is 0 Å². The molecular formula is C17H27NO3. The van der Waals surface area contributed by atoms with Crippen LogP contribution in [-0.4, -0.2) is 43.7 Å². The summed E-state index contributed by atoms with van der Waals surface area (Å²) >= 11 is 0. The molecule has 2 unspecified atom stereocenters. The van der Waals surface area contributed by atoms with Gasteiger partial charge in [-0.15, -0.1) is 0 Å². The molecule has 0 amide bonds. The molecule has 1 aliphatic rings. The van der Waals surface area contributed by atoms with E-state index in [1.54, 1.807) is 0 Å². The Morgan fingerprint density at radius 2 is 2.29 bits per heavy atom. The third kappa shape index (κ3) is 5.65. The van der Waals surface area contributed by atoms with Gasteiger partial charge in [0.15, 0.2) is 0 Å². The highest BCUT2D eigenvalue weighted by Crippen LogP contribution is 2.16. The number of ether oxygens (including phenoxy) is 2. The van der Waals surface area contributed by atoms with E-state index in [0.717, 1.165) is 38.0 Å². The summed E-state index contributed by atoms with van der Waals surface area (Å²) in [5, 5.41) is 13.3.